The van der Waals surface area contributed by atoms with Gasteiger partial charge in [-0.1, -0.05) is 42.3 Å². The van der Waals surface area contributed by atoms with Gasteiger partial charge in [0.15, 0.2) is 0 Å². The molecule has 0 saturated heterocycles. The molecule has 19 heavy (non-hydrogen) atoms. The van der Waals surface area contributed by atoms with Gasteiger partial charge >= 0.3 is 11.9 Å². The van der Waals surface area contributed by atoms with Crippen LogP contribution in [0.3, 0.4) is 0 Å². The summed E-state index contributed by atoms with van der Waals surface area (Å²) in [5.41, 5.74) is 0.364. The van der Waals surface area contributed by atoms with Crippen LogP contribution in [0.5, 0.6) is 0 Å². The van der Waals surface area contributed by atoms with Crippen LogP contribution in [0.2, 0.25) is 0 Å². The van der Waals surface area contributed by atoms with Gasteiger partial charge < -0.3 is 9.47 Å². The molecule has 0 rings (SSSR count). The lowest BCUT2D eigenvalue weighted by molar-refractivity contribution is -0.136. The van der Waals surface area contributed by atoms with Crippen molar-refractivity contribution >= 4 is 46.2 Å². The summed E-state index contributed by atoms with van der Waals surface area (Å²) in [6.45, 7) is 10.9. The molecule has 4 nitrogen and oxygen atoms in total. The SMILES string of the molecule is C=C(S/C=C(\C(=C)SS)C(=O)OC)C(=C)C(=O)OC. The van der Waals surface area contributed by atoms with E-state index in [-0.39, 0.29) is 11.1 Å². The summed E-state index contributed by atoms with van der Waals surface area (Å²) in [6, 6.07) is 0. The van der Waals surface area contributed by atoms with Gasteiger partial charge in [0, 0.05) is 9.81 Å². The number of methoxy groups -OCH3 is 2. The van der Waals surface area contributed by atoms with E-state index in [1.165, 1.54) is 19.6 Å². The third-order valence-electron chi connectivity index (χ3n) is 1.90. The Morgan fingerprint density at radius 2 is 1.58 bits per heavy atom. The number of carbonyl (C=O) groups is 2. The highest BCUT2D eigenvalue weighted by Crippen LogP contribution is 2.31. The number of ether oxygens (including phenoxy) is 2. The highest BCUT2D eigenvalue weighted by Gasteiger charge is 2.15. The summed E-state index contributed by atoms with van der Waals surface area (Å²) < 4.78 is 9.14. The largest absolute Gasteiger partial charge is 0.465 e. The summed E-state index contributed by atoms with van der Waals surface area (Å²) >= 11 is 5.02. The minimum Gasteiger partial charge on any atom is -0.465 e. The van der Waals surface area contributed by atoms with E-state index in [9.17, 15) is 9.59 Å². The summed E-state index contributed by atoms with van der Waals surface area (Å²) in [4.78, 5) is 23.6. The highest BCUT2D eigenvalue weighted by atomic mass is 33.1. The molecule has 0 aromatic heterocycles. The maximum absolute atomic E-state index is 11.5. The molecule has 0 aliphatic carbocycles. The smallest absolute Gasteiger partial charge is 0.339 e. The van der Waals surface area contributed by atoms with E-state index in [0.29, 0.717) is 9.81 Å². The molecule has 0 N–H and O–H groups in total. The molecule has 0 spiro atoms. The van der Waals surface area contributed by atoms with Crippen molar-refractivity contribution < 1.29 is 19.1 Å². The van der Waals surface area contributed by atoms with Crippen LogP contribution in [0.25, 0.3) is 0 Å². The number of esters is 2. The van der Waals surface area contributed by atoms with Crippen LogP contribution in [0.4, 0.5) is 0 Å². The van der Waals surface area contributed by atoms with Crippen LogP contribution in [-0.4, -0.2) is 26.2 Å². The second-order valence-corrected chi connectivity index (χ2v) is 5.24. The fraction of sp³-hybridized carbons (Fsp3) is 0.167. The molecule has 0 aromatic rings. The Hall–Kier alpha value is -1.05. The number of hydrogen-bond acceptors (Lipinski definition) is 7. The minimum absolute atomic E-state index is 0.122. The fourth-order valence-corrected chi connectivity index (χ4v) is 2.16. The molecule has 0 aliphatic heterocycles. The number of hydrogen-bond donors (Lipinski definition) is 1. The van der Waals surface area contributed by atoms with Crippen molar-refractivity contribution in [2.75, 3.05) is 14.2 Å². The van der Waals surface area contributed by atoms with Gasteiger partial charge in [-0.25, -0.2) is 9.59 Å². The lowest BCUT2D eigenvalue weighted by Gasteiger charge is -2.07. The van der Waals surface area contributed by atoms with E-state index in [1.54, 1.807) is 0 Å². The number of thiol groups is 1. The van der Waals surface area contributed by atoms with Gasteiger partial charge in [0.1, 0.15) is 0 Å². The Morgan fingerprint density at radius 1 is 1.05 bits per heavy atom. The van der Waals surface area contributed by atoms with Gasteiger partial charge in [-0.15, -0.1) is 11.7 Å². The predicted octanol–water partition coefficient (Wildman–Crippen LogP) is 3.11. The van der Waals surface area contributed by atoms with Crippen molar-refractivity contribution in [1.82, 2.24) is 0 Å². The molecule has 7 heteroatoms. The van der Waals surface area contributed by atoms with Crippen molar-refractivity contribution in [3.05, 3.63) is 46.1 Å². The van der Waals surface area contributed by atoms with Crippen molar-refractivity contribution in [3.8, 4) is 0 Å². The average molecular weight is 318 g/mol. The third-order valence-corrected chi connectivity index (χ3v) is 3.89. The van der Waals surface area contributed by atoms with Crippen molar-refractivity contribution in [2.24, 2.45) is 0 Å². The van der Waals surface area contributed by atoms with Crippen molar-refractivity contribution in [1.29, 1.82) is 0 Å². The summed E-state index contributed by atoms with van der Waals surface area (Å²) in [7, 11) is 3.54. The van der Waals surface area contributed by atoms with Crippen LogP contribution in [0, 0.1) is 0 Å². The molecule has 0 atom stereocenters. The first-order valence-electron chi connectivity index (χ1n) is 4.81. The van der Waals surface area contributed by atoms with Crippen molar-refractivity contribution in [2.45, 2.75) is 0 Å². The Bertz CT molecular complexity index is 434. The van der Waals surface area contributed by atoms with E-state index in [2.05, 4.69) is 40.9 Å². The topological polar surface area (TPSA) is 52.6 Å². The van der Waals surface area contributed by atoms with Gasteiger partial charge in [-0.2, -0.15) is 0 Å². The first kappa shape index (κ1) is 17.9. The molecule has 0 unspecified atom stereocenters. The van der Waals surface area contributed by atoms with Gasteiger partial charge in [0.05, 0.1) is 25.4 Å². The Morgan fingerprint density at radius 3 is 2.00 bits per heavy atom. The molecular formula is C12H14O4S3. The van der Waals surface area contributed by atoms with E-state index in [1.807, 2.05) is 0 Å². The maximum atomic E-state index is 11.5. The predicted molar refractivity (Wildman–Crippen MR) is 83.7 cm³/mol. The number of rotatable bonds is 7. The van der Waals surface area contributed by atoms with Crippen molar-refractivity contribution in [3.63, 3.8) is 0 Å². The molecule has 0 fully saturated rings. The fourth-order valence-electron chi connectivity index (χ4n) is 0.825. The lowest BCUT2D eigenvalue weighted by Crippen LogP contribution is -2.05. The molecule has 104 valence electrons. The summed E-state index contributed by atoms with van der Waals surface area (Å²) in [5.74, 6) is -1.12. The number of carbonyl (C=O) groups excluding carboxylic acids is 2. The van der Waals surface area contributed by atoms with E-state index in [4.69, 9.17) is 0 Å². The molecular weight excluding hydrogens is 304 g/mol. The lowest BCUT2D eigenvalue weighted by atomic mass is 10.3. The monoisotopic (exact) mass is 318 g/mol. The quantitative estimate of drug-likeness (QED) is 0.256. The van der Waals surface area contributed by atoms with Crippen LogP contribution in [-0.2, 0) is 19.1 Å². The van der Waals surface area contributed by atoms with Gasteiger partial charge in [0.2, 0.25) is 0 Å². The maximum Gasteiger partial charge on any atom is 0.339 e. The zero-order valence-corrected chi connectivity index (χ0v) is 13.1. The zero-order chi connectivity index (χ0) is 15.0. The average Bonchev–Trinajstić information content (AvgIpc) is 2.44. The van der Waals surface area contributed by atoms with Gasteiger partial charge in [-0.3, -0.25) is 0 Å². The van der Waals surface area contributed by atoms with E-state index >= 15 is 0 Å². The van der Waals surface area contributed by atoms with Crippen LogP contribution in [0.1, 0.15) is 0 Å². The molecule has 0 saturated carbocycles. The van der Waals surface area contributed by atoms with E-state index in [0.717, 1.165) is 22.6 Å². The molecule has 0 aliphatic rings. The Kier molecular flexibility index (Phi) is 8.46. The molecule has 0 aromatic carbocycles. The van der Waals surface area contributed by atoms with Crippen LogP contribution >= 0.6 is 34.2 Å². The first-order valence-corrected chi connectivity index (χ1v) is 7.56. The Labute approximate surface area is 125 Å². The second kappa shape index (κ2) is 8.95. The third kappa shape index (κ3) is 5.63. The molecule has 0 radical (unpaired) electrons. The standard InChI is InChI=1S/C12H14O4S3/c1-7(11(13)15-4)8(2)18-6-10(9(3)19-17)12(14)16-5/h6,17H,1-3H2,4-5H3/b10-6+. The summed E-state index contributed by atoms with van der Waals surface area (Å²) in [6.07, 6.45) is 0. The highest BCUT2D eigenvalue weighted by molar-refractivity contribution is 8.70. The van der Waals surface area contributed by atoms with Crippen LogP contribution < -0.4 is 0 Å². The zero-order valence-electron chi connectivity index (χ0n) is 10.6. The van der Waals surface area contributed by atoms with Crippen LogP contribution in [0.15, 0.2) is 46.1 Å². The first-order chi connectivity index (χ1) is 8.88. The van der Waals surface area contributed by atoms with Gasteiger partial charge in [0.25, 0.3) is 0 Å². The molecule has 0 heterocycles. The van der Waals surface area contributed by atoms with Gasteiger partial charge in [-0.05, 0) is 5.41 Å². The summed E-state index contributed by atoms with van der Waals surface area (Å²) in [5, 5.41) is 1.48. The minimum atomic E-state index is -0.576. The normalized spacial score (nSPS) is 10.6. The number of thioether (sulfide) groups is 1. The second-order valence-electron chi connectivity index (χ2n) is 3.05. The molecule has 0 amide bonds. The Balaban J connectivity index is 4.95. The molecule has 0 bridgehead atoms. The van der Waals surface area contributed by atoms with E-state index < -0.39 is 11.9 Å².